The number of nitrogens with one attached hydrogen (secondary N) is 1. The van der Waals surface area contributed by atoms with Crippen molar-refractivity contribution in [2.45, 2.75) is 31.9 Å². The molecule has 1 aromatic heterocycles. The van der Waals surface area contributed by atoms with Crippen molar-refractivity contribution in [1.82, 2.24) is 10.3 Å². The second-order valence-corrected chi connectivity index (χ2v) is 4.94. The zero-order chi connectivity index (χ0) is 13.0. The number of hydrogen-bond donors (Lipinski definition) is 1. The van der Waals surface area contributed by atoms with Gasteiger partial charge in [-0.3, -0.25) is 0 Å². The van der Waals surface area contributed by atoms with Gasteiger partial charge in [0.1, 0.15) is 5.82 Å². The Morgan fingerprint density at radius 2 is 2.44 bits per heavy atom. The van der Waals surface area contributed by atoms with Gasteiger partial charge in [-0.15, -0.1) is 0 Å². The molecule has 2 unspecified atom stereocenters. The zero-order valence-corrected chi connectivity index (χ0v) is 11.5. The molecule has 2 rings (SSSR count). The summed E-state index contributed by atoms with van der Waals surface area (Å²) in [6.07, 6.45) is 4.55. The van der Waals surface area contributed by atoms with Gasteiger partial charge >= 0.3 is 0 Å². The number of nitrogens with zero attached hydrogens (tertiary/aromatic N) is 2. The summed E-state index contributed by atoms with van der Waals surface area (Å²) in [6.45, 7) is 3.97. The van der Waals surface area contributed by atoms with Crippen LogP contribution in [0.3, 0.4) is 0 Å². The molecule has 1 N–H and O–H groups in total. The van der Waals surface area contributed by atoms with Crippen molar-refractivity contribution in [3.05, 3.63) is 23.9 Å². The smallest absolute Gasteiger partial charge is 0.133 e. The molecule has 0 saturated carbocycles. The summed E-state index contributed by atoms with van der Waals surface area (Å²) in [6, 6.07) is 4.43. The minimum absolute atomic E-state index is 0.306. The average molecular weight is 249 g/mol. The molecular formula is C14H23N3O. The van der Waals surface area contributed by atoms with Gasteiger partial charge in [-0.1, -0.05) is 6.07 Å². The van der Waals surface area contributed by atoms with E-state index in [0.29, 0.717) is 12.1 Å². The Bertz CT molecular complexity index is 377. The van der Waals surface area contributed by atoms with E-state index in [4.69, 9.17) is 4.74 Å². The number of aromatic nitrogens is 1. The molecule has 0 spiro atoms. The van der Waals surface area contributed by atoms with Crippen LogP contribution in [-0.2, 0) is 4.74 Å². The summed E-state index contributed by atoms with van der Waals surface area (Å²) < 4.78 is 5.69. The summed E-state index contributed by atoms with van der Waals surface area (Å²) in [4.78, 5) is 6.73. The molecular weight excluding hydrogens is 226 g/mol. The highest BCUT2D eigenvalue weighted by Crippen LogP contribution is 2.24. The third-order valence-corrected chi connectivity index (χ3v) is 3.58. The second kappa shape index (κ2) is 6.16. The van der Waals surface area contributed by atoms with Crippen LogP contribution in [0, 0.1) is 0 Å². The van der Waals surface area contributed by atoms with Crippen molar-refractivity contribution in [2.75, 3.05) is 32.1 Å². The van der Waals surface area contributed by atoms with E-state index in [0.717, 1.165) is 25.4 Å². The largest absolute Gasteiger partial charge is 0.376 e. The van der Waals surface area contributed by atoms with Crippen LogP contribution in [0.2, 0.25) is 0 Å². The lowest BCUT2D eigenvalue weighted by molar-refractivity contribution is 0.116. The number of anilines is 1. The molecule has 4 heteroatoms. The van der Waals surface area contributed by atoms with Gasteiger partial charge in [0.2, 0.25) is 0 Å². The first-order valence-corrected chi connectivity index (χ1v) is 6.67. The SMILES string of the molecule is CNC(C)c1cccnc1N(C)CC1CCCO1. The van der Waals surface area contributed by atoms with Crippen molar-refractivity contribution in [3.8, 4) is 0 Å². The highest BCUT2D eigenvalue weighted by Gasteiger charge is 2.20. The van der Waals surface area contributed by atoms with E-state index in [-0.39, 0.29) is 0 Å². The number of rotatable bonds is 5. The monoisotopic (exact) mass is 249 g/mol. The van der Waals surface area contributed by atoms with Gasteiger partial charge in [-0.05, 0) is 32.9 Å². The normalized spacial score (nSPS) is 20.9. The average Bonchev–Trinajstić information content (AvgIpc) is 2.90. The van der Waals surface area contributed by atoms with Crippen LogP contribution in [-0.4, -0.2) is 38.3 Å². The molecule has 0 aromatic carbocycles. The minimum atomic E-state index is 0.306. The standard InChI is InChI=1S/C14H23N3O/c1-11(15-2)13-7-4-8-16-14(13)17(3)10-12-6-5-9-18-12/h4,7-8,11-12,15H,5-6,9-10H2,1-3H3. The summed E-state index contributed by atoms with van der Waals surface area (Å²) in [5, 5.41) is 3.27. The van der Waals surface area contributed by atoms with Crippen molar-refractivity contribution < 1.29 is 4.74 Å². The molecule has 2 heterocycles. The lowest BCUT2D eigenvalue weighted by Crippen LogP contribution is -2.30. The highest BCUT2D eigenvalue weighted by atomic mass is 16.5. The first kappa shape index (κ1) is 13.3. The number of likely N-dealkylation sites (N-methyl/N-ethyl adjacent to an activating group) is 1. The van der Waals surface area contributed by atoms with E-state index in [1.807, 2.05) is 19.3 Å². The Hall–Kier alpha value is -1.13. The quantitative estimate of drug-likeness (QED) is 0.866. The lowest BCUT2D eigenvalue weighted by Gasteiger charge is -2.25. The van der Waals surface area contributed by atoms with Crippen molar-refractivity contribution >= 4 is 5.82 Å². The maximum absolute atomic E-state index is 5.69. The van der Waals surface area contributed by atoms with Crippen molar-refractivity contribution in [2.24, 2.45) is 0 Å². The molecule has 2 atom stereocenters. The zero-order valence-electron chi connectivity index (χ0n) is 11.5. The van der Waals surface area contributed by atoms with Gasteiger partial charge in [-0.2, -0.15) is 0 Å². The van der Waals surface area contributed by atoms with E-state index >= 15 is 0 Å². The molecule has 4 nitrogen and oxygen atoms in total. The third-order valence-electron chi connectivity index (χ3n) is 3.58. The van der Waals surface area contributed by atoms with E-state index in [9.17, 15) is 0 Å². The predicted octanol–water partition coefficient (Wildman–Crippen LogP) is 1.98. The Morgan fingerprint density at radius 1 is 1.61 bits per heavy atom. The predicted molar refractivity (Wildman–Crippen MR) is 74.0 cm³/mol. The molecule has 0 radical (unpaired) electrons. The van der Waals surface area contributed by atoms with E-state index in [1.54, 1.807) is 0 Å². The second-order valence-electron chi connectivity index (χ2n) is 4.94. The maximum Gasteiger partial charge on any atom is 0.133 e. The van der Waals surface area contributed by atoms with Gasteiger partial charge < -0.3 is 15.0 Å². The Morgan fingerprint density at radius 3 is 3.11 bits per heavy atom. The lowest BCUT2D eigenvalue weighted by atomic mass is 10.1. The molecule has 100 valence electrons. The summed E-state index contributed by atoms with van der Waals surface area (Å²) >= 11 is 0. The fourth-order valence-electron chi connectivity index (χ4n) is 2.40. The fourth-order valence-corrected chi connectivity index (χ4v) is 2.40. The highest BCUT2D eigenvalue weighted by molar-refractivity contribution is 5.47. The van der Waals surface area contributed by atoms with Crippen LogP contribution >= 0.6 is 0 Å². The molecule has 1 aromatic rings. The molecule has 1 saturated heterocycles. The van der Waals surface area contributed by atoms with Crippen LogP contribution in [0.25, 0.3) is 0 Å². The Kier molecular flexibility index (Phi) is 4.55. The molecule has 0 amide bonds. The summed E-state index contributed by atoms with van der Waals surface area (Å²) in [7, 11) is 4.07. The number of ether oxygens (including phenoxy) is 1. The van der Waals surface area contributed by atoms with Crippen LogP contribution < -0.4 is 10.2 Å². The van der Waals surface area contributed by atoms with Crippen LogP contribution in [0.5, 0.6) is 0 Å². The van der Waals surface area contributed by atoms with Gasteiger partial charge in [0, 0.05) is 38.0 Å². The van der Waals surface area contributed by atoms with E-state index in [2.05, 4.69) is 35.2 Å². The number of hydrogen-bond acceptors (Lipinski definition) is 4. The van der Waals surface area contributed by atoms with E-state index < -0.39 is 0 Å². The minimum Gasteiger partial charge on any atom is -0.376 e. The van der Waals surface area contributed by atoms with Crippen LogP contribution in [0.4, 0.5) is 5.82 Å². The van der Waals surface area contributed by atoms with Gasteiger partial charge in [0.05, 0.1) is 6.10 Å². The molecule has 1 aliphatic heterocycles. The van der Waals surface area contributed by atoms with Crippen molar-refractivity contribution in [1.29, 1.82) is 0 Å². The molecule has 18 heavy (non-hydrogen) atoms. The van der Waals surface area contributed by atoms with Gasteiger partial charge in [0.15, 0.2) is 0 Å². The Balaban J connectivity index is 2.10. The van der Waals surface area contributed by atoms with Crippen LogP contribution in [0.15, 0.2) is 18.3 Å². The first-order chi connectivity index (χ1) is 8.72. The maximum atomic E-state index is 5.69. The molecule has 0 bridgehead atoms. The van der Waals surface area contributed by atoms with Gasteiger partial charge in [0.25, 0.3) is 0 Å². The molecule has 1 fully saturated rings. The van der Waals surface area contributed by atoms with Gasteiger partial charge in [-0.25, -0.2) is 4.98 Å². The Labute approximate surface area is 109 Å². The summed E-state index contributed by atoms with van der Waals surface area (Å²) in [5.74, 6) is 1.05. The number of pyridine rings is 1. The van der Waals surface area contributed by atoms with Crippen molar-refractivity contribution in [3.63, 3.8) is 0 Å². The topological polar surface area (TPSA) is 37.4 Å². The van der Waals surface area contributed by atoms with Crippen LogP contribution in [0.1, 0.15) is 31.4 Å². The summed E-state index contributed by atoms with van der Waals surface area (Å²) in [5.41, 5.74) is 1.24. The third kappa shape index (κ3) is 3.00. The fraction of sp³-hybridized carbons (Fsp3) is 0.643. The molecule has 0 aliphatic carbocycles. The van der Waals surface area contributed by atoms with E-state index in [1.165, 1.54) is 12.0 Å². The molecule has 1 aliphatic rings. The first-order valence-electron chi connectivity index (χ1n) is 6.67.